The monoisotopic (exact) mass is 334 g/mol. The van der Waals surface area contributed by atoms with E-state index in [4.69, 9.17) is 4.74 Å². The van der Waals surface area contributed by atoms with Crippen LogP contribution >= 0.6 is 11.3 Å². The highest BCUT2D eigenvalue weighted by Crippen LogP contribution is 2.24. The van der Waals surface area contributed by atoms with E-state index in [2.05, 4.69) is 10.6 Å². The van der Waals surface area contributed by atoms with Crippen LogP contribution < -0.4 is 10.6 Å². The molecule has 2 atom stereocenters. The van der Waals surface area contributed by atoms with Gasteiger partial charge in [-0.15, -0.1) is 11.3 Å². The molecule has 0 aliphatic heterocycles. The molecule has 0 radical (unpaired) electrons. The van der Waals surface area contributed by atoms with E-state index in [1.165, 1.54) is 11.3 Å². The van der Waals surface area contributed by atoms with Gasteiger partial charge in [-0.2, -0.15) is 0 Å². The van der Waals surface area contributed by atoms with Crippen LogP contribution in [0.5, 0.6) is 0 Å². The van der Waals surface area contributed by atoms with Gasteiger partial charge in [-0.05, 0) is 23.9 Å². The maximum atomic E-state index is 11.9. The lowest BCUT2D eigenvalue weighted by molar-refractivity contribution is 0.0626. The van der Waals surface area contributed by atoms with Crippen LogP contribution in [0.25, 0.3) is 0 Å². The van der Waals surface area contributed by atoms with E-state index in [0.29, 0.717) is 6.54 Å². The zero-order valence-electron chi connectivity index (χ0n) is 13.3. The standard InChI is InChI=1S/C17H22N2O3S/c1-17(21,15-9-6-10-23-15)12-19-16(20)18-11-14(22-2)13-7-4-3-5-8-13/h3-10,14,21H,11-12H2,1-2H3,(H2,18,19,20)/t14-,17-/m1/s1. The van der Waals surface area contributed by atoms with Gasteiger partial charge in [0.1, 0.15) is 5.60 Å². The van der Waals surface area contributed by atoms with E-state index in [1.54, 1.807) is 14.0 Å². The minimum absolute atomic E-state index is 0.141. The minimum atomic E-state index is -1.08. The quantitative estimate of drug-likeness (QED) is 0.729. The third-order valence-corrected chi connectivity index (χ3v) is 4.67. The van der Waals surface area contributed by atoms with Gasteiger partial charge < -0.3 is 20.5 Å². The molecule has 6 heteroatoms. The number of nitrogens with one attached hydrogen (secondary N) is 2. The largest absolute Gasteiger partial charge is 0.383 e. The van der Waals surface area contributed by atoms with Gasteiger partial charge in [-0.1, -0.05) is 36.4 Å². The van der Waals surface area contributed by atoms with Crippen molar-refractivity contribution in [2.45, 2.75) is 18.6 Å². The van der Waals surface area contributed by atoms with Crippen LogP contribution in [-0.4, -0.2) is 31.3 Å². The van der Waals surface area contributed by atoms with Gasteiger partial charge in [0, 0.05) is 18.5 Å². The van der Waals surface area contributed by atoms with Crippen LogP contribution in [0.3, 0.4) is 0 Å². The molecule has 0 spiro atoms. The maximum Gasteiger partial charge on any atom is 0.315 e. The summed E-state index contributed by atoms with van der Waals surface area (Å²) in [6.07, 6.45) is -0.209. The average Bonchev–Trinajstić information content (AvgIpc) is 3.10. The summed E-state index contributed by atoms with van der Waals surface area (Å²) in [6, 6.07) is 13.1. The predicted octanol–water partition coefficient (Wildman–Crippen LogP) is 2.64. The van der Waals surface area contributed by atoms with Crippen LogP contribution in [0, 0.1) is 0 Å². The van der Waals surface area contributed by atoms with Crippen molar-refractivity contribution in [3.63, 3.8) is 0 Å². The first-order valence-corrected chi connectivity index (χ1v) is 8.26. The summed E-state index contributed by atoms with van der Waals surface area (Å²) in [6.45, 7) is 2.18. The number of benzene rings is 1. The fraction of sp³-hybridized carbons (Fsp3) is 0.353. The van der Waals surface area contributed by atoms with E-state index in [0.717, 1.165) is 10.4 Å². The van der Waals surface area contributed by atoms with E-state index < -0.39 is 5.60 Å². The molecule has 124 valence electrons. The first kappa shape index (κ1) is 17.5. The van der Waals surface area contributed by atoms with Gasteiger partial charge in [-0.3, -0.25) is 0 Å². The molecular formula is C17H22N2O3S. The Kier molecular flexibility index (Phi) is 6.15. The third kappa shape index (κ3) is 5.06. The normalized spacial score (nSPS) is 14.7. The van der Waals surface area contributed by atoms with Crippen LogP contribution in [0.4, 0.5) is 4.79 Å². The molecule has 2 aromatic rings. The Labute approximate surface area is 140 Å². The lowest BCUT2D eigenvalue weighted by Gasteiger charge is -2.23. The third-order valence-electron chi connectivity index (χ3n) is 3.55. The van der Waals surface area contributed by atoms with E-state index in [1.807, 2.05) is 47.8 Å². The van der Waals surface area contributed by atoms with Crippen molar-refractivity contribution in [1.82, 2.24) is 10.6 Å². The summed E-state index contributed by atoms with van der Waals surface area (Å²) in [7, 11) is 1.61. The highest BCUT2D eigenvalue weighted by Gasteiger charge is 2.24. The van der Waals surface area contributed by atoms with Crippen LogP contribution in [0.2, 0.25) is 0 Å². The van der Waals surface area contributed by atoms with Crippen molar-refractivity contribution in [2.75, 3.05) is 20.2 Å². The number of rotatable bonds is 7. The Morgan fingerprint density at radius 1 is 1.26 bits per heavy atom. The molecule has 0 fully saturated rings. The second-order valence-corrected chi connectivity index (χ2v) is 6.40. The zero-order valence-corrected chi connectivity index (χ0v) is 14.1. The van der Waals surface area contributed by atoms with Crippen LogP contribution in [0.15, 0.2) is 47.8 Å². The second kappa shape index (κ2) is 8.10. The molecular weight excluding hydrogens is 312 g/mol. The van der Waals surface area contributed by atoms with Crippen LogP contribution in [-0.2, 0) is 10.3 Å². The van der Waals surface area contributed by atoms with Gasteiger partial charge >= 0.3 is 6.03 Å². The lowest BCUT2D eigenvalue weighted by atomic mass is 10.1. The fourth-order valence-corrected chi connectivity index (χ4v) is 2.96. The predicted molar refractivity (Wildman–Crippen MR) is 91.5 cm³/mol. The van der Waals surface area contributed by atoms with E-state index in [-0.39, 0.29) is 18.7 Å². The van der Waals surface area contributed by atoms with Crippen molar-refractivity contribution in [1.29, 1.82) is 0 Å². The number of aliphatic hydroxyl groups is 1. The summed E-state index contributed by atoms with van der Waals surface area (Å²) in [5.41, 5.74) is -0.0770. The summed E-state index contributed by atoms with van der Waals surface area (Å²) >= 11 is 1.46. The van der Waals surface area contributed by atoms with Crippen molar-refractivity contribution >= 4 is 17.4 Å². The number of amides is 2. The highest BCUT2D eigenvalue weighted by atomic mass is 32.1. The molecule has 1 aromatic heterocycles. The number of methoxy groups -OCH3 is 1. The number of carbonyl (C=O) groups excluding carboxylic acids is 1. The van der Waals surface area contributed by atoms with Gasteiger partial charge in [0.05, 0.1) is 12.6 Å². The number of thiophene rings is 1. The molecule has 23 heavy (non-hydrogen) atoms. The SMILES string of the molecule is CO[C@H](CNC(=O)NC[C@@](C)(O)c1cccs1)c1ccccc1. The molecule has 0 aliphatic carbocycles. The maximum absolute atomic E-state index is 11.9. The highest BCUT2D eigenvalue weighted by molar-refractivity contribution is 7.10. The average molecular weight is 334 g/mol. The van der Waals surface area contributed by atoms with Crippen molar-refractivity contribution in [2.24, 2.45) is 0 Å². The van der Waals surface area contributed by atoms with Gasteiger partial charge in [0.15, 0.2) is 0 Å². The molecule has 0 unspecified atom stereocenters. The summed E-state index contributed by atoms with van der Waals surface area (Å²) in [4.78, 5) is 12.7. The summed E-state index contributed by atoms with van der Waals surface area (Å²) in [5.74, 6) is 0. The molecule has 3 N–H and O–H groups in total. The Bertz CT molecular complexity index is 600. The van der Waals surface area contributed by atoms with Gasteiger partial charge in [0.25, 0.3) is 0 Å². The smallest absolute Gasteiger partial charge is 0.315 e. The van der Waals surface area contributed by atoms with E-state index >= 15 is 0 Å². The number of carbonyl (C=O) groups is 1. The molecule has 0 saturated heterocycles. The topological polar surface area (TPSA) is 70.6 Å². The van der Waals surface area contributed by atoms with Crippen molar-refractivity contribution < 1.29 is 14.6 Å². The van der Waals surface area contributed by atoms with E-state index in [9.17, 15) is 9.90 Å². The molecule has 0 bridgehead atoms. The Hall–Kier alpha value is -1.89. The summed E-state index contributed by atoms with van der Waals surface area (Å²) in [5, 5.41) is 17.7. The molecule has 1 aromatic carbocycles. The second-order valence-electron chi connectivity index (χ2n) is 5.45. The molecule has 5 nitrogen and oxygen atoms in total. The number of hydrogen-bond acceptors (Lipinski definition) is 4. The van der Waals surface area contributed by atoms with Crippen molar-refractivity contribution in [3.8, 4) is 0 Å². The van der Waals surface area contributed by atoms with Gasteiger partial charge in [-0.25, -0.2) is 4.79 Å². The Morgan fingerprint density at radius 2 is 2.00 bits per heavy atom. The minimum Gasteiger partial charge on any atom is -0.383 e. The Balaban J connectivity index is 1.81. The lowest BCUT2D eigenvalue weighted by Crippen LogP contribution is -2.44. The summed E-state index contributed by atoms with van der Waals surface area (Å²) < 4.78 is 5.40. The van der Waals surface area contributed by atoms with Gasteiger partial charge in [0.2, 0.25) is 0 Å². The van der Waals surface area contributed by atoms with Crippen LogP contribution in [0.1, 0.15) is 23.5 Å². The number of hydrogen-bond donors (Lipinski definition) is 3. The molecule has 0 aliphatic rings. The molecule has 2 amide bonds. The molecule has 1 heterocycles. The Morgan fingerprint density at radius 3 is 2.61 bits per heavy atom. The number of ether oxygens (including phenoxy) is 1. The molecule has 2 rings (SSSR count). The zero-order chi connectivity index (χ0) is 16.7. The first-order valence-electron chi connectivity index (χ1n) is 7.39. The first-order chi connectivity index (χ1) is 11.0. The fourth-order valence-electron chi connectivity index (χ4n) is 2.18. The number of urea groups is 1. The molecule has 0 saturated carbocycles. The van der Waals surface area contributed by atoms with Crippen molar-refractivity contribution in [3.05, 3.63) is 58.3 Å².